The number of carbonyl (C=O) groups excluding carboxylic acids is 2. The number of anilines is 1. The molecule has 4 aromatic rings. The number of ether oxygens (including phenoxy) is 1. The molecule has 2 atom stereocenters. The van der Waals surface area contributed by atoms with Gasteiger partial charge in [-0.05, 0) is 67.3 Å². The number of aryl methyl sites for hydroxylation is 1. The number of alkyl halides is 1. The number of amides is 1. The molecule has 7 nitrogen and oxygen atoms in total. The summed E-state index contributed by atoms with van der Waals surface area (Å²) in [4.78, 5) is 30.3. The average Bonchev–Trinajstić information content (AvgIpc) is 3.32. The van der Waals surface area contributed by atoms with Crippen molar-refractivity contribution < 1.29 is 27.1 Å². The van der Waals surface area contributed by atoms with Gasteiger partial charge in [0, 0.05) is 34.6 Å². The maximum absolute atomic E-state index is 17.6. The third kappa shape index (κ3) is 4.39. The van der Waals surface area contributed by atoms with Crippen molar-refractivity contribution in [3.05, 3.63) is 94.6 Å². The van der Waals surface area contributed by atoms with Gasteiger partial charge in [-0.2, -0.15) is 0 Å². The molecule has 1 aliphatic carbocycles. The van der Waals surface area contributed by atoms with E-state index in [4.69, 9.17) is 16.3 Å². The van der Waals surface area contributed by atoms with E-state index in [0.717, 1.165) is 21.4 Å². The first kappa shape index (κ1) is 26.9. The molecule has 1 N–H and O–H groups in total. The lowest BCUT2D eigenvalue weighted by Gasteiger charge is -2.37. The Morgan fingerprint density at radius 2 is 1.77 bits per heavy atom. The molecule has 0 saturated carbocycles. The molecule has 1 amide bonds. The van der Waals surface area contributed by atoms with Crippen LogP contribution in [-0.4, -0.2) is 44.4 Å². The molecule has 202 valence electrons. The van der Waals surface area contributed by atoms with Gasteiger partial charge < -0.3 is 14.6 Å². The Bertz CT molecular complexity index is 1690. The highest BCUT2D eigenvalue weighted by Gasteiger charge is 2.59. The van der Waals surface area contributed by atoms with E-state index in [9.17, 15) is 18.0 Å². The Morgan fingerprint density at radius 1 is 1.08 bits per heavy atom. The highest BCUT2D eigenvalue weighted by atomic mass is 35.5. The third-order valence-corrected chi connectivity index (χ3v) is 9.80. The number of para-hydroxylation sites is 1. The van der Waals surface area contributed by atoms with Crippen LogP contribution in [-0.2, 0) is 32.2 Å². The lowest BCUT2D eigenvalue weighted by molar-refractivity contribution is -0.127. The molecule has 1 aliphatic rings. The Kier molecular flexibility index (Phi) is 6.99. The summed E-state index contributed by atoms with van der Waals surface area (Å²) in [5.74, 6) is -3.23. The molecule has 2 unspecified atom stereocenters. The van der Waals surface area contributed by atoms with Crippen LogP contribution in [0.25, 0.3) is 10.9 Å². The number of methoxy groups -OCH3 is 1. The van der Waals surface area contributed by atoms with Crippen molar-refractivity contribution in [2.45, 2.75) is 29.2 Å². The number of hydrogen-bond donors (Lipinski definition) is 1. The number of fused-ring (bicyclic) bond motifs is 3. The molecule has 0 aliphatic heterocycles. The molecule has 1 heterocycles. The molecule has 1 aromatic heterocycles. The van der Waals surface area contributed by atoms with Gasteiger partial charge in [-0.1, -0.05) is 41.9 Å². The first-order valence-corrected chi connectivity index (χ1v) is 14.2. The molecule has 10 heteroatoms. The summed E-state index contributed by atoms with van der Waals surface area (Å²) >= 11 is 6.19. The molecule has 39 heavy (non-hydrogen) atoms. The van der Waals surface area contributed by atoms with E-state index in [1.54, 1.807) is 24.3 Å². The maximum atomic E-state index is 17.6. The SMILES string of the molecule is COC(=O)c1ccccc1N(C)C(=O)C(F)(C1CCc2c([nH]c3ccc(Cl)cc23)C1)S(=O)(=O)c1ccccc1. The lowest BCUT2D eigenvalue weighted by Crippen LogP contribution is -2.56. The van der Waals surface area contributed by atoms with Gasteiger partial charge in [0.1, 0.15) is 0 Å². The third-order valence-electron chi connectivity index (χ3n) is 7.39. The Morgan fingerprint density at radius 3 is 2.49 bits per heavy atom. The molecule has 0 saturated heterocycles. The van der Waals surface area contributed by atoms with E-state index >= 15 is 4.39 Å². The van der Waals surface area contributed by atoms with Crippen molar-refractivity contribution in [1.82, 2.24) is 4.98 Å². The number of nitrogens with one attached hydrogen (secondary N) is 1. The van der Waals surface area contributed by atoms with E-state index in [2.05, 4.69) is 4.98 Å². The summed E-state index contributed by atoms with van der Waals surface area (Å²) in [5, 5.41) is -1.89. The van der Waals surface area contributed by atoms with Gasteiger partial charge in [0.15, 0.2) is 0 Å². The van der Waals surface area contributed by atoms with Crippen LogP contribution in [0.15, 0.2) is 77.7 Å². The van der Waals surface area contributed by atoms with Crippen LogP contribution in [0.3, 0.4) is 0 Å². The number of esters is 1. The zero-order valence-corrected chi connectivity index (χ0v) is 22.9. The predicted molar refractivity (Wildman–Crippen MR) is 147 cm³/mol. The number of rotatable bonds is 6. The van der Waals surface area contributed by atoms with Crippen LogP contribution >= 0.6 is 11.6 Å². The number of H-pyrrole nitrogens is 1. The van der Waals surface area contributed by atoms with E-state index in [1.165, 1.54) is 50.6 Å². The second kappa shape index (κ2) is 10.1. The minimum absolute atomic E-state index is 0.00809. The molecule has 0 spiro atoms. The number of benzene rings is 3. The van der Waals surface area contributed by atoms with Crippen LogP contribution in [0.5, 0.6) is 0 Å². The van der Waals surface area contributed by atoms with E-state index < -0.39 is 32.6 Å². The largest absolute Gasteiger partial charge is 0.465 e. The summed E-state index contributed by atoms with van der Waals surface area (Å²) in [6.45, 7) is 0. The van der Waals surface area contributed by atoms with E-state index in [-0.39, 0.29) is 29.0 Å². The zero-order chi connectivity index (χ0) is 27.9. The minimum Gasteiger partial charge on any atom is -0.465 e. The Hall–Kier alpha value is -3.69. The van der Waals surface area contributed by atoms with Crippen LogP contribution < -0.4 is 4.90 Å². The van der Waals surface area contributed by atoms with Gasteiger partial charge in [-0.25, -0.2) is 17.6 Å². The number of hydrogen-bond acceptors (Lipinski definition) is 5. The molecule has 0 bridgehead atoms. The molecule has 0 radical (unpaired) electrons. The first-order chi connectivity index (χ1) is 18.6. The van der Waals surface area contributed by atoms with Gasteiger partial charge in [-0.3, -0.25) is 4.79 Å². The highest BCUT2D eigenvalue weighted by molar-refractivity contribution is 7.93. The fourth-order valence-electron chi connectivity index (χ4n) is 5.39. The first-order valence-electron chi connectivity index (χ1n) is 12.3. The second-order valence-electron chi connectivity index (χ2n) is 9.55. The van der Waals surface area contributed by atoms with Crippen LogP contribution in [0, 0.1) is 5.92 Å². The molecule has 0 fully saturated rings. The van der Waals surface area contributed by atoms with Crippen molar-refractivity contribution in [3.8, 4) is 0 Å². The fourth-order valence-corrected chi connectivity index (χ4v) is 7.42. The summed E-state index contributed by atoms with van der Waals surface area (Å²) < 4.78 is 50.4. The number of aromatic nitrogens is 1. The number of nitrogens with zero attached hydrogens (tertiary/aromatic N) is 1. The van der Waals surface area contributed by atoms with Gasteiger partial charge in [0.2, 0.25) is 9.84 Å². The molecular weight excluding hydrogens is 543 g/mol. The standard InChI is InChI=1S/C29H26ClFN2O5S/c1-33(26-11-7-6-10-22(26)27(34)38-2)28(35)29(31,39(36,37)20-8-4-3-5-9-20)18-12-14-21-23-17-19(30)13-15-24(23)32-25(21)16-18/h3-11,13,15,17-18,32H,12,14,16H2,1-2H3. The highest BCUT2D eigenvalue weighted by Crippen LogP contribution is 2.44. The van der Waals surface area contributed by atoms with Crippen LogP contribution in [0.1, 0.15) is 28.0 Å². The van der Waals surface area contributed by atoms with Gasteiger partial charge in [0.25, 0.3) is 10.9 Å². The van der Waals surface area contributed by atoms with Crippen molar-refractivity contribution in [2.75, 3.05) is 19.1 Å². The average molecular weight is 569 g/mol. The molecule has 5 rings (SSSR count). The topological polar surface area (TPSA) is 96.5 Å². The molecule has 3 aromatic carbocycles. The predicted octanol–water partition coefficient (Wildman–Crippen LogP) is 5.52. The van der Waals surface area contributed by atoms with Crippen molar-refractivity contribution >= 4 is 49.9 Å². The van der Waals surface area contributed by atoms with Crippen molar-refractivity contribution in [3.63, 3.8) is 0 Å². The minimum atomic E-state index is -4.84. The Balaban J connectivity index is 1.63. The van der Waals surface area contributed by atoms with Gasteiger partial charge >= 0.3 is 5.97 Å². The Labute approximate surface area is 230 Å². The normalized spacial score (nSPS) is 16.8. The van der Waals surface area contributed by atoms with Crippen LogP contribution in [0.2, 0.25) is 5.02 Å². The number of halogens is 2. The summed E-state index contributed by atoms with van der Waals surface area (Å²) in [7, 11) is -2.39. The second-order valence-corrected chi connectivity index (χ2v) is 12.1. The summed E-state index contributed by atoms with van der Waals surface area (Å²) in [6.07, 6.45) is 0.446. The summed E-state index contributed by atoms with van der Waals surface area (Å²) in [5.41, 5.74) is 2.44. The van der Waals surface area contributed by atoms with Crippen molar-refractivity contribution in [1.29, 1.82) is 0 Å². The van der Waals surface area contributed by atoms with Gasteiger partial charge in [-0.15, -0.1) is 0 Å². The van der Waals surface area contributed by atoms with E-state index in [0.29, 0.717) is 17.1 Å². The quantitative estimate of drug-likeness (QED) is 0.309. The smallest absolute Gasteiger partial charge is 0.339 e. The summed E-state index contributed by atoms with van der Waals surface area (Å²) in [6, 6.07) is 18.5. The van der Waals surface area contributed by atoms with E-state index in [1.807, 2.05) is 12.1 Å². The van der Waals surface area contributed by atoms with Crippen molar-refractivity contribution in [2.24, 2.45) is 5.92 Å². The van der Waals surface area contributed by atoms with Crippen LogP contribution in [0.4, 0.5) is 10.1 Å². The monoisotopic (exact) mass is 568 g/mol. The number of aromatic amines is 1. The van der Waals surface area contributed by atoms with Gasteiger partial charge in [0.05, 0.1) is 23.3 Å². The number of sulfone groups is 1. The number of carbonyl (C=O) groups is 2. The fraction of sp³-hybridized carbons (Fsp3) is 0.241. The lowest BCUT2D eigenvalue weighted by atomic mass is 9.83. The molecular formula is C29H26ClFN2O5S. The maximum Gasteiger partial charge on any atom is 0.339 e. The zero-order valence-electron chi connectivity index (χ0n) is 21.3.